The summed E-state index contributed by atoms with van der Waals surface area (Å²) in [5.74, 6) is -1.14. The molecule has 0 amide bonds. The number of aromatic hydroxyl groups is 1. The van der Waals surface area contributed by atoms with Gasteiger partial charge in [-0.1, -0.05) is 31.2 Å². The van der Waals surface area contributed by atoms with E-state index in [9.17, 15) is 19.5 Å². The highest BCUT2D eigenvalue weighted by Crippen LogP contribution is 2.42. The van der Waals surface area contributed by atoms with E-state index in [0.29, 0.717) is 22.9 Å². The lowest BCUT2D eigenvalue weighted by Crippen LogP contribution is -2.35. The van der Waals surface area contributed by atoms with Gasteiger partial charge in [0.25, 0.3) is 0 Å². The van der Waals surface area contributed by atoms with Gasteiger partial charge in [0.05, 0.1) is 10.9 Å². The smallest absolute Gasteiger partial charge is 0.329 e. The predicted octanol–water partition coefficient (Wildman–Crippen LogP) is 3.09. The zero-order chi connectivity index (χ0) is 20.9. The first-order valence-electron chi connectivity index (χ1n) is 9.26. The number of hydrogen-bond donors (Lipinski definition) is 4. The Labute approximate surface area is 165 Å². The summed E-state index contributed by atoms with van der Waals surface area (Å²) in [6.07, 6.45) is 1.34. The molecule has 4 aromatic rings. The van der Waals surface area contributed by atoms with Crippen molar-refractivity contribution in [1.82, 2.24) is 4.98 Å². The molecule has 0 bridgehead atoms. The van der Waals surface area contributed by atoms with E-state index in [-0.39, 0.29) is 28.1 Å². The van der Waals surface area contributed by atoms with E-state index in [1.807, 2.05) is 19.1 Å². The van der Waals surface area contributed by atoms with Crippen molar-refractivity contribution >= 4 is 21.8 Å². The second-order valence-electron chi connectivity index (χ2n) is 7.24. The third kappa shape index (κ3) is 2.82. The van der Waals surface area contributed by atoms with Crippen LogP contribution in [0.25, 0.3) is 32.9 Å². The van der Waals surface area contributed by atoms with Crippen molar-refractivity contribution in [1.29, 1.82) is 0 Å². The van der Waals surface area contributed by atoms with Gasteiger partial charge in [-0.25, -0.2) is 4.39 Å². The second-order valence-corrected chi connectivity index (χ2v) is 7.24. The Kier molecular flexibility index (Phi) is 4.47. The standard InChI is InChI=1S/C22H20FN3O3/c1-11(10-24)13-5-7-14(8-6-13)16-17-15-4-3-9-26(29)20(15)22(28)25-19(17)12(2)18(23)21(16)27/h3-9,11,28-29H,10,24H2,1-2H3/p+1. The molecule has 148 valence electrons. The number of aromatic amines is 1. The summed E-state index contributed by atoms with van der Waals surface area (Å²) in [7, 11) is 0. The van der Waals surface area contributed by atoms with Crippen LogP contribution >= 0.6 is 0 Å². The lowest BCUT2D eigenvalue weighted by molar-refractivity contribution is -0.885. The quantitative estimate of drug-likeness (QED) is 0.244. The summed E-state index contributed by atoms with van der Waals surface area (Å²) in [6.45, 7) is 3.99. The molecule has 29 heavy (non-hydrogen) atoms. The van der Waals surface area contributed by atoms with E-state index >= 15 is 0 Å². The van der Waals surface area contributed by atoms with Gasteiger partial charge in [-0.2, -0.15) is 0 Å². The van der Waals surface area contributed by atoms with Gasteiger partial charge < -0.3 is 15.8 Å². The fourth-order valence-corrected chi connectivity index (χ4v) is 3.75. The molecule has 2 heterocycles. The molecule has 0 aliphatic carbocycles. The Morgan fingerprint density at radius 3 is 2.59 bits per heavy atom. The first-order chi connectivity index (χ1) is 13.8. The molecular weight excluding hydrogens is 373 g/mol. The van der Waals surface area contributed by atoms with Gasteiger partial charge in [0, 0.05) is 27.3 Å². The second kappa shape index (κ2) is 6.86. The Morgan fingerprint density at radius 2 is 1.93 bits per heavy atom. The van der Waals surface area contributed by atoms with Gasteiger partial charge in [0.15, 0.2) is 11.6 Å². The van der Waals surface area contributed by atoms with Crippen molar-refractivity contribution in [3.05, 3.63) is 69.9 Å². The molecule has 0 saturated carbocycles. The third-order valence-electron chi connectivity index (χ3n) is 5.47. The number of phenols is 1. The molecule has 5 N–H and O–H groups in total. The fourth-order valence-electron chi connectivity index (χ4n) is 3.75. The Morgan fingerprint density at radius 1 is 1.24 bits per heavy atom. The molecule has 1 unspecified atom stereocenters. The molecule has 1 atom stereocenters. The molecule has 0 spiro atoms. The minimum absolute atomic E-state index is 0.0139. The van der Waals surface area contributed by atoms with E-state index in [4.69, 9.17) is 5.73 Å². The largest absolute Gasteiger partial charge is 0.504 e. The summed E-state index contributed by atoms with van der Waals surface area (Å²) in [6, 6.07) is 10.6. The number of pyridine rings is 2. The molecule has 0 radical (unpaired) electrons. The highest BCUT2D eigenvalue weighted by Gasteiger charge is 2.25. The van der Waals surface area contributed by atoms with Crippen molar-refractivity contribution in [2.24, 2.45) is 5.73 Å². The number of nitrogens with one attached hydrogen (secondary N) is 1. The number of phenolic OH excluding ortho intramolecular Hbond substituents is 1. The summed E-state index contributed by atoms with van der Waals surface area (Å²) in [5.41, 5.74) is 7.46. The Balaban J connectivity index is 2.16. The van der Waals surface area contributed by atoms with Gasteiger partial charge in [0.2, 0.25) is 6.20 Å². The van der Waals surface area contributed by atoms with Crippen LogP contribution in [0.2, 0.25) is 0 Å². The first kappa shape index (κ1) is 18.9. The molecule has 6 nitrogen and oxygen atoms in total. The number of aryl methyl sites for hydroxylation is 1. The van der Waals surface area contributed by atoms with E-state index in [2.05, 4.69) is 4.98 Å². The van der Waals surface area contributed by atoms with Crippen LogP contribution < -0.4 is 16.0 Å². The zero-order valence-corrected chi connectivity index (χ0v) is 16.0. The van der Waals surface area contributed by atoms with Crippen LogP contribution in [0.15, 0.2) is 47.4 Å². The van der Waals surface area contributed by atoms with Gasteiger partial charge in [-0.05, 0) is 36.6 Å². The number of benzene rings is 2. The van der Waals surface area contributed by atoms with Crippen LogP contribution in [0.1, 0.15) is 24.0 Å². The van der Waals surface area contributed by atoms with Crippen molar-refractivity contribution < 1.29 is 19.4 Å². The highest BCUT2D eigenvalue weighted by atomic mass is 19.1. The van der Waals surface area contributed by atoms with E-state index in [1.54, 1.807) is 24.3 Å². The minimum Gasteiger partial charge on any atom is -0.504 e. The van der Waals surface area contributed by atoms with Crippen LogP contribution in [-0.2, 0) is 0 Å². The topological polar surface area (TPSA) is 103 Å². The van der Waals surface area contributed by atoms with E-state index in [1.165, 1.54) is 13.1 Å². The molecule has 4 rings (SSSR count). The Bertz CT molecular complexity index is 1310. The number of rotatable bonds is 3. The molecule has 0 aliphatic rings. The number of fused-ring (bicyclic) bond motifs is 3. The fraction of sp³-hybridized carbons (Fsp3) is 0.182. The number of aromatic nitrogens is 2. The predicted molar refractivity (Wildman–Crippen MR) is 109 cm³/mol. The maximum atomic E-state index is 14.8. The molecule has 0 fully saturated rings. The van der Waals surface area contributed by atoms with Crippen LogP contribution in [0.5, 0.6) is 5.75 Å². The lowest BCUT2D eigenvalue weighted by atomic mass is 9.92. The first-order valence-corrected chi connectivity index (χ1v) is 9.26. The maximum Gasteiger partial charge on any atom is 0.329 e. The number of halogens is 1. The third-order valence-corrected chi connectivity index (χ3v) is 5.47. The average molecular weight is 394 g/mol. The van der Waals surface area contributed by atoms with Gasteiger partial charge in [-0.3, -0.25) is 10.0 Å². The zero-order valence-electron chi connectivity index (χ0n) is 16.0. The van der Waals surface area contributed by atoms with E-state index < -0.39 is 17.1 Å². The van der Waals surface area contributed by atoms with Crippen molar-refractivity contribution in [2.75, 3.05) is 6.54 Å². The molecule has 2 aromatic carbocycles. The summed E-state index contributed by atoms with van der Waals surface area (Å²) < 4.78 is 15.6. The van der Waals surface area contributed by atoms with Crippen LogP contribution in [0, 0.1) is 12.7 Å². The lowest BCUT2D eigenvalue weighted by Gasteiger charge is -2.15. The molecule has 2 aromatic heterocycles. The van der Waals surface area contributed by atoms with Crippen LogP contribution in [0.4, 0.5) is 4.39 Å². The van der Waals surface area contributed by atoms with Crippen LogP contribution in [-0.4, -0.2) is 21.8 Å². The summed E-state index contributed by atoms with van der Waals surface area (Å²) >= 11 is 0. The number of nitrogens with zero attached hydrogens (tertiary/aromatic N) is 1. The minimum atomic E-state index is -0.797. The molecule has 0 saturated heterocycles. The summed E-state index contributed by atoms with van der Waals surface area (Å²) in [4.78, 5) is 15.2. The Hall–Kier alpha value is -3.45. The number of H-pyrrole nitrogens is 1. The van der Waals surface area contributed by atoms with Crippen LogP contribution in [0.3, 0.4) is 0 Å². The van der Waals surface area contributed by atoms with Gasteiger partial charge in [-0.15, -0.1) is 0 Å². The van der Waals surface area contributed by atoms with Crippen molar-refractivity contribution in [3.63, 3.8) is 0 Å². The highest BCUT2D eigenvalue weighted by molar-refractivity contribution is 6.13. The average Bonchev–Trinajstić information content (AvgIpc) is 2.73. The molecule has 0 aliphatic heterocycles. The monoisotopic (exact) mass is 394 g/mol. The van der Waals surface area contributed by atoms with E-state index in [0.717, 1.165) is 10.3 Å². The normalized spacial score (nSPS) is 12.6. The van der Waals surface area contributed by atoms with Gasteiger partial charge >= 0.3 is 11.1 Å². The number of nitrogens with two attached hydrogens (primary N) is 1. The van der Waals surface area contributed by atoms with Gasteiger partial charge in [0.1, 0.15) is 0 Å². The number of hydrogen-bond acceptors (Lipinski definition) is 4. The molecular formula is C22H21FN3O3+. The summed E-state index contributed by atoms with van der Waals surface area (Å²) in [5, 5.41) is 21.7. The maximum absolute atomic E-state index is 14.8. The molecule has 7 heteroatoms. The SMILES string of the molecule is Cc1c(F)c(O)c(-c2ccc(C(C)CN)cc2)c2c1[nH]c(=O)c1c2ccc[n+]1O. The van der Waals surface area contributed by atoms with Crippen molar-refractivity contribution in [3.8, 4) is 16.9 Å². The van der Waals surface area contributed by atoms with Crippen molar-refractivity contribution in [2.45, 2.75) is 19.8 Å².